The Morgan fingerprint density at radius 2 is 2.04 bits per heavy atom. The lowest BCUT2D eigenvalue weighted by molar-refractivity contribution is -0.133. The second kappa shape index (κ2) is 8.25. The van der Waals surface area contributed by atoms with Crippen LogP contribution in [-0.4, -0.2) is 42.3 Å². The van der Waals surface area contributed by atoms with Crippen LogP contribution in [0, 0.1) is 0 Å². The number of hydrogen-bond donors (Lipinski definition) is 0. The molecule has 134 valence electrons. The van der Waals surface area contributed by atoms with Crippen LogP contribution in [0.15, 0.2) is 34.9 Å². The van der Waals surface area contributed by atoms with Gasteiger partial charge in [-0.25, -0.2) is 0 Å². The van der Waals surface area contributed by atoms with Crippen LogP contribution in [0.5, 0.6) is 11.5 Å². The number of ether oxygens (including phenoxy) is 2. The number of halogens is 1. The molecule has 6 nitrogen and oxygen atoms in total. The third-order valence-corrected chi connectivity index (χ3v) is 4.45. The molecule has 1 saturated heterocycles. The highest BCUT2D eigenvalue weighted by molar-refractivity contribution is 6.29. The van der Waals surface area contributed by atoms with E-state index in [4.69, 9.17) is 25.6 Å². The number of likely N-dealkylation sites (tertiary alicyclic amines) is 1. The van der Waals surface area contributed by atoms with Gasteiger partial charge in [0.1, 0.15) is 11.9 Å². The molecule has 3 rings (SSSR count). The van der Waals surface area contributed by atoms with E-state index in [-0.39, 0.29) is 12.0 Å². The van der Waals surface area contributed by atoms with Crippen molar-refractivity contribution in [3.8, 4) is 11.5 Å². The Kier molecular flexibility index (Phi) is 5.81. The lowest BCUT2D eigenvalue weighted by atomic mass is 10.1. The van der Waals surface area contributed by atoms with Gasteiger partial charge in [-0.3, -0.25) is 4.79 Å². The molecular formula is C18H21ClN2O4. The first kappa shape index (κ1) is 17.6. The van der Waals surface area contributed by atoms with Crippen molar-refractivity contribution in [3.63, 3.8) is 0 Å². The number of carbonyl (C=O) groups is 1. The van der Waals surface area contributed by atoms with Gasteiger partial charge < -0.3 is 18.9 Å². The molecule has 0 N–H and O–H groups in total. The van der Waals surface area contributed by atoms with E-state index >= 15 is 0 Å². The first-order chi connectivity index (χ1) is 12.2. The number of aryl methyl sites for hydroxylation is 1. The van der Waals surface area contributed by atoms with Crippen LogP contribution < -0.4 is 9.47 Å². The molecule has 0 atom stereocenters. The highest BCUT2D eigenvalue weighted by Crippen LogP contribution is 2.29. The maximum Gasteiger partial charge on any atom is 0.223 e. The second-order valence-electron chi connectivity index (χ2n) is 5.96. The Labute approximate surface area is 151 Å². The Morgan fingerprint density at radius 3 is 2.68 bits per heavy atom. The Hall–Kier alpha value is -2.21. The predicted octanol–water partition coefficient (Wildman–Crippen LogP) is 3.34. The lowest BCUT2D eigenvalue weighted by Crippen LogP contribution is -2.41. The summed E-state index contributed by atoms with van der Waals surface area (Å²) in [6, 6.07) is 9.26. The number of piperidine rings is 1. The largest absolute Gasteiger partial charge is 0.493 e. The zero-order valence-corrected chi connectivity index (χ0v) is 14.9. The van der Waals surface area contributed by atoms with Crippen LogP contribution in [0.3, 0.4) is 0 Å². The van der Waals surface area contributed by atoms with Crippen LogP contribution in [0.1, 0.15) is 25.0 Å². The molecule has 1 aliphatic rings. The molecule has 0 unspecified atom stereocenters. The summed E-state index contributed by atoms with van der Waals surface area (Å²) in [4.78, 5) is 14.2. The van der Waals surface area contributed by atoms with Crippen molar-refractivity contribution < 1.29 is 18.8 Å². The molecular weight excluding hydrogens is 344 g/mol. The van der Waals surface area contributed by atoms with Crippen molar-refractivity contribution in [2.45, 2.75) is 31.8 Å². The molecule has 25 heavy (non-hydrogen) atoms. The molecule has 7 heteroatoms. The first-order valence-corrected chi connectivity index (χ1v) is 8.72. The molecule has 1 amide bonds. The zero-order valence-electron chi connectivity index (χ0n) is 14.1. The molecule has 1 aromatic carbocycles. The van der Waals surface area contributed by atoms with E-state index in [1.807, 2.05) is 29.2 Å². The monoisotopic (exact) mass is 364 g/mol. The highest BCUT2D eigenvalue weighted by atomic mass is 35.5. The van der Waals surface area contributed by atoms with Crippen molar-refractivity contribution in [3.05, 3.63) is 41.2 Å². The van der Waals surface area contributed by atoms with Gasteiger partial charge in [0.15, 0.2) is 16.7 Å². The normalized spacial score (nSPS) is 15.2. The second-order valence-corrected chi connectivity index (χ2v) is 6.35. The van der Waals surface area contributed by atoms with Gasteiger partial charge in [0, 0.05) is 44.8 Å². The summed E-state index contributed by atoms with van der Waals surface area (Å²) in [7, 11) is 1.63. The van der Waals surface area contributed by atoms with Crippen LogP contribution in [0.25, 0.3) is 0 Å². The molecule has 1 aromatic heterocycles. The van der Waals surface area contributed by atoms with Gasteiger partial charge in [0.05, 0.1) is 7.11 Å². The Balaban J connectivity index is 1.45. The molecule has 2 heterocycles. The molecule has 0 bridgehead atoms. The number of hydrogen-bond acceptors (Lipinski definition) is 5. The summed E-state index contributed by atoms with van der Waals surface area (Å²) >= 11 is 5.71. The van der Waals surface area contributed by atoms with Gasteiger partial charge in [-0.15, -0.1) is 0 Å². The van der Waals surface area contributed by atoms with E-state index in [0.717, 1.165) is 24.3 Å². The van der Waals surface area contributed by atoms with Crippen LogP contribution in [-0.2, 0) is 11.2 Å². The van der Waals surface area contributed by atoms with Crippen LogP contribution in [0.4, 0.5) is 0 Å². The quantitative estimate of drug-likeness (QED) is 0.786. The van der Waals surface area contributed by atoms with Crippen LogP contribution in [0.2, 0.25) is 5.15 Å². The first-order valence-electron chi connectivity index (χ1n) is 8.34. The van der Waals surface area contributed by atoms with E-state index in [1.54, 1.807) is 13.2 Å². The third kappa shape index (κ3) is 4.66. The number of rotatable bonds is 6. The maximum absolute atomic E-state index is 12.3. The number of para-hydroxylation sites is 2. The summed E-state index contributed by atoms with van der Waals surface area (Å²) in [5, 5.41) is 3.93. The average Bonchev–Trinajstić information content (AvgIpc) is 3.06. The van der Waals surface area contributed by atoms with Gasteiger partial charge >= 0.3 is 0 Å². The standard InChI is InChI=1S/C18H21ClN2O4/c1-23-15-4-2-3-5-16(15)24-13-8-10-21(11-9-13)18(22)7-6-14-12-17(19)20-25-14/h2-5,12-13H,6-11H2,1H3. The number of methoxy groups -OCH3 is 1. The Bertz CT molecular complexity index is 711. The zero-order chi connectivity index (χ0) is 17.6. The molecule has 1 aliphatic heterocycles. The fourth-order valence-electron chi connectivity index (χ4n) is 2.91. The number of amides is 1. The minimum absolute atomic E-state index is 0.0911. The minimum atomic E-state index is 0.0911. The van der Waals surface area contributed by atoms with Crippen molar-refractivity contribution in [1.82, 2.24) is 10.1 Å². The number of carbonyl (C=O) groups excluding carboxylic acids is 1. The van der Waals surface area contributed by atoms with E-state index in [1.165, 1.54) is 0 Å². The summed E-state index contributed by atoms with van der Waals surface area (Å²) in [5.74, 6) is 2.22. The summed E-state index contributed by atoms with van der Waals surface area (Å²) in [6.07, 6.45) is 2.60. The molecule has 0 spiro atoms. The van der Waals surface area contributed by atoms with Gasteiger partial charge in [0.2, 0.25) is 5.91 Å². The van der Waals surface area contributed by atoms with Gasteiger partial charge in [-0.05, 0) is 12.1 Å². The van der Waals surface area contributed by atoms with Crippen LogP contribution >= 0.6 is 11.6 Å². The average molecular weight is 365 g/mol. The van der Waals surface area contributed by atoms with Gasteiger partial charge in [0.25, 0.3) is 0 Å². The topological polar surface area (TPSA) is 64.8 Å². The minimum Gasteiger partial charge on any atom is -0.493 e. The summed E-state index contributed by atoms with van der Waals surface area (Å²) < 4.78 is 16.4. The van der Waals surface area contributed by atoms with Gasteiger partial charge in [-0.1, -0.05) is 28.9 Å². The third-order valence-electron chi connectivity index (χ3n) is 4.27. The fraction of sp³-hybridized carbons (Fsp3) is 0.444. The summed E-state index contributed by atoms with van der Waals surface area (Å²) in [6.45, 7) is 1.38. The number of nitrogens with zero attached hydrogens (tertiary/aromatic N) is 2. The van der Waals surface area contributed by atoms with E-state index in [2.05, 4.69) is 5.16 Å². The smallest absolute Gasteiger partial charge is 0.223 e. The predicted molar refractivity (Wildman–Crippen MR) is 93.1 cm³/mol. The van der Waals surface area contributed by atoms with Gasteiger partial charge in [-0.2, -0.15) is 0 Å². The maximum atomic E-state index is 12.3. The molecule has 0 radical (unpaired) electrons. The SMILES string of the molecule is COc1ccccc1OC1CCN(C(=O)CCc2cc(Cl)no2)CC1. The molecule has 2 aromatic rings. The molecule has 0 saturated carbocycles. The van der Waals surface area contributed by atoms with E-state index in [0.29, 0.717) is 36.8 Å². The van der Waals surface area contributed by atoms with E-state index in [9.17, 15) is 4.79 Å². The lowest BCUT2D eigenvalue weighted by Gasteiger charge is -2.32. The highest BCUT2D eigenvalue weighted by Gasteiger charge is 2.24. The number of aromatic nitrogens is 1. The molecule has 1 fully saturated rings. The number of benzene rings is 1. The van der Waals surface area contributed by atoms with Crippen molar-refractivity contribution in [2.75, 3.05) is 20.2 Å². The van der Waals surface area contributed by atoms with Crippen molar-refractivity contribution >= 4 is 17.5 Å². The summed E-state index contributed by atoms with van der Waals surface area (Å²) in [5.41, 5.74) is 0. The fourth-order valence-corrected chi connectivity index (χ4v) is 3.07. The van der Waals surface area contributed by atoms with Crippen molar-refractivity contribution in [2.24, 2.45) is 0 Å². The molecule has 0 aliphatic carbocycles. The van der Waals surface area contributed by atoms with E-state index < -0.39 is 0 Å². The van der Waals surface area contributed by atoms with Crippen molar-refractivity contribution in [1.29, 1.82) is 0 Å². The Morgan fingerprint density at radius 1 is 1.32 bits per heavy atom.